The normalized spacial score (nSPS) is 13.0. The Balaban J connectivity index is 2.02. The Kier molecular flexibility index (Phi) is 1.83. The molecule has 0 aliphatic carbocycles. The Hall–Kier alpha value is -2.69. The number of hydrogen-bond acceptors (Lipinski definition) is 2. The Morgan fingerprint density at radius 2 is 1.86 bits per heavy atom. The molecule has 0 aromatic carbocycles. The van der Waals surface area contributed by atoms with Crippen molar-refractivity contribution in [3.05, 3.63) is 42.5 Å². The van der Waals surface area contributed by atoms with Crippen molar-refractivity contribution in [1.82, 2.24) is 19.1 Å². The molecule has 0 unspecified atom stereocenters. The minimum absolute atomic E-state index is 0.905. The highest BCUT2D eigenvalue weighted by Gasteiger charge is 2.34. The van der Waals surface area contributed by atoms with E-state index in [0.29, 0.717) is 0 Å². The highest BCUT2D eigenvalue weighted by molar-refractivity contribution is 6.04. The molecule has 0 N–H and O–H groups in total. The summed E-state index contributed by atoms with van der Waals surface area (Å²) in [5, 5.41) is 1.25. The second-order valence-electron chi connectivity index (χ2n) is 5.63. The Labute approximate surface area is 121 Å². The molecule has 5 nitrogen and oxygen atoms in total. The summed E-state index contributed by atoms with van der Waals surface area (Å²) in [7, 11) is 4.25. The van der Waals surface area contributed by atoms with Crippen LogP contribution in [0.25, 0.3) is 33.5 Å². The SMILES string of the molecule is Cn1c2[n+](c3c1c1ccncc1n3C)Cc1ccncc1-2. The van der Waals surface area contributed by atoms with Crippen molar-refractivity contribution >= 4 is 22.1 Å². The number of aryl methyl sites for hydroxylation is 2. The molecule has 0 fully saturated rings. The monoisotopic (exact) mass is 276 g/mol. The first kappa shape index (κ1) is 11.0. The largest absolute Gasteiger partial charge is 0.269 e. The summed E-state index contributed by atoms with van der Waals surface area (Å²) in [4.78, 5) is 8.55. The van der Waals surface area contributed by atoms with Crippen LogP contribution in [-0.4, -0.2) is 19.1 Å². The third-order valence-corrected chi connectivity index (χ3v) is 4.59. The molecule has 21 heavy (non-hydrogen) atoms. The third-order valence-electron chi connectivity index (χ3n) is 4.59. The molecule has 5 heterocycles. The van der Waals surface area contributed by atoms with E-state index >= 15 is 0 Å². The van der Waals surface area contributed by atoms with Crippen molar-refractivity contribution in [2.45, 2.75) is 6.54 Å². The number of pyridine rings is 2. The van der Waals surface area contributed by atoms with Crippen LogP contribution in [0.5, 0.6) is 0 Å². The van der Waals surface area contributed by atoms with Crippen LogP contribution in [0.2, 0.25) is 0 Å². The van der Waals surface area contributed by atoms with Gasteiger partial charge in [-0.1, -0.05) is 0 Å². The van der Waals surface area contributed by atoms with Gasteiger partial charge < -0.3 is 0 Å². The maximum absolute atomic E-state index is 4.29. The van der Waals surface area contributed by atoms with Gasteiger partial charge in [0.25, 0.3) is 5.65 Å². The van der Waals surface area contributed by atoms with E-state index in [1.807, 2.05) is 24.8 Å². The molecule has 0 atom stereocenters. The van der Waals surface area contributed by atoms with Gasteiger partial charge in [0, 0.05) is 24.2 Å². The second-order valence-corrected chi connectivity index (χ2v) is 5.63. The van der Waals surface area contributed by atoms with Crippen molar-refractivity contribution in [1.29, 1.82) is 0 Å². The molecule has 1 aliphatic rings. The molecule has 0 saturated heterocycles. The van der Waals surface area contributed by atoms with Gasteiger partial charge in [-0.05, 0) is 12.1 Å². The van der Waals surface area contributed by atoms with Crippen molar-refractivity contribution in [2.75, 3.05) is 0 Å². The average Bonchev–Trinajstić information content (AvgIpc) is 3.11. The standard InChI is InChI=1S/C16H14N5/c1-19-13-8-18-6-4-11(13)14-16(19)21-9-10-3-5-17-7-12(10)15(21)20(14)2/h3-8H,9H2,1-2H3/q+1. The summed E-state index contributed by atoms with van der Waals surface area (Å²) in [6.45, 7) is 0.905. The van der Waals surface area contributed by atoms with Crippen LogP contribution < -0.4 is 4.57 Å². The first-order valence-corrected chi connectivity index (χ1v) is 7.01. The number of rotatable bonds is 0. The van der Waals surface area contributed by atoms with Gasteiger partial charge in [0.15, 0.2) is 5.52 Å². The molecule has 0 saturated carbocycles. The zero-order valence-corrected chi connectivity index (χ0v) is 11.9. The molecule has 0 radical (unpaired) electrons. The van der Waals surface area contributed by atoms with Crippen LogP contribution in [0.3, 0.4) is 0 Å². The smallest absolute Gasteiger partial charge is 0.264 e. The summed E-state index contributed by atoms with van der Waals surface area (Å²) in [6.07, 6.45) is 7.64. The van der Waals surface area contributed by atoms with Crippen LogP contribution >= 0.6 is 0 Å². The molecule has 102 valence electrons. The van der Waals surface area contributed by atoms with E-state index in [2.05, 4.69) is 49.9 Å². The van der Waals surface area contributed by atoms with E-state index in [0.717, 1.165) is 6.54 Å². The minimum Gasteiger partial charge on any atom is -0.264 e. The number of aromatic nitrogens is 5. The molecule has 5 heteroatoms. The predicted octanol–water partition coefficient (Wildman–Crippen LogP) is 1.78. The summed E-state index contributed by atoms with van der Waals surface area (Å²) in [6, 6.07) is 4.20. The van der Waals surface area contributed by atoms with Gasteiger partial charge in [-0.2, -0.15) is 0 Å². The molecular formula is C16H14N5+. The van der Waals surface area contributed by atoms with E-state index in [9.17, 15) is 0 Å². The van der Waals surface area contributed by atoms with E-state index in [4.69, 9.17) is 0 Å². The molecule has 0 amide bonds. The van der Waals surface area contributed by atoms with E-state index in [1.54, 1.807) is 0 Å². The lowest BCUT2D eigenvalue weighted by atomic mass is 10.2. The molecule has 5 rings (SSSR count). The Morgan fingerprint density at radius 3 is 2.76 bits per heavy atom. The maximum atomic E-state index is 4.29. The van der Waals surface area contributed by atoms with E-state index in [1.165, 1.54) is 39.0 Å². The zero-order valence-electron chi connectivity index (χ0n) is 11.9. The second kappa shape index (κ2) is 3.49. The minimum atomic E-state index is 0.905. The molecular weight excluding hydrogens is 262 g/mol. The summed E-state index contributed by atoms with van der Waals surface area (Å²) < 4.78 is 6.90. The first-order valence-electron chi connectivity index (χ1n) is 7.01. The maximum Gasteiger partial charge on any atom is 0.269 e. The van der Waals surface area contributed by atoms with Gasteiger partial charge in [0.1, 0.15) is 5.52 Å². The van der Waals surface area contributed by atoms with Crippen LogP contribution in [-0.2, 0) is 20.6 Å². The van der Waals surface area contributed by atoms with Crippen molar-refractivity contribution < 1.29 is 4.57 Å². The van der Waals surface area contributed by atoms with Gasteiger partial charge in [-0.25, -0.2) is 4.57 Å². The van der Waals surface area contributed by atoms with E-state index < -0.39 is 0 Å². The first-order chi connectivity index (χ1) is 10.3. The fourth-order valence-corrected chi connectivity index (χ4v) is 3.68. The van der Waals surface area contributed by atoms with Crippen LogP contribution in [0.1, 0.15) is 5.56 Å². The molecule has 0 bridgehead atoms. The number of imidazole rings is 1. The highest BCUT2D eigenvalue weighted by Crippen LogP contribution is 2.34. The summed E-state index contributed by atoms with van der Waals surface area (Å²) in [5.41, 5.74) is 6.24. The summed E-state index contributed by atoms with van der Waals surface area (Å²) in [5.74, 6) is 1.23. The van der Waals surface area contributed by atoms with Crippen LogP contribution in [0.15, 0.2) is 36.9 Å². The highest BCUT2D eigenvalue weighted by atomic mass is 15.2. The third kappa shape index (κ3) is 1.15. The number of nitrogens with zero attached hydrogens (tertiary/aromatic N) is 5. The number of fused-ring (bicyclic) bond motifs is 7. The van der Waals surface area contributed by atoms with E-state index in [-0.39, 0.29) is 0 Å². The lowest BCUT2D eigenvalue weighted by molar-refractivity contribution is -0.648. The van der Waals surface area contributed by atoms with Crippen LogP contribution in [0, 0.1) is 0 Å². The Bertz CT molecular complexity index is 1040. The van der Waals surface area contributed by atoms with Crippen LogP contribution in [0.4, 0.5) is 0 Å². The van der Waals surface area contributed by atoms with Gasteiger partial charge >= 0.3 is 0 Å². The lowest BCUT2D eigenvalue weighted by Gasteiger charge is -1.97. The average molecular weight is 276 g/mol. The van der Waals surface area contributed by atoms with Gasteiger partial charge in [0.2, 0.25) is 5.82 Å². The van der Waals surface area contributed by atoms with Crippen molar-refractivity contribution in [3.8, 4) is 11.4 Å². The number of hydrogen-bond donors (Lipinski definition) is 0. The fraction of sp³-hybridized carbons (Fsp3) is 0.188. The molecule has 0 spiro atoms. The topological polar surface area (TPSA) is 39.5 Å². The predicted molar refractivity (Wildman–Crippen MR) is 79.7 cm³/mol. The fourth-order valence-electron chi connectivity index (χ4n) is 3.68. The molecule has 4 aromatic heterocycles. The zero-order chi connectivity index (χ0) is 14.1. The molecule has 4 aromatic rings. The quantitative estimate of drug-likeness (QED) is 0.404. The van der Waals surface area contributed by atoms with Crippen molar-refractivity contribution in [3.63, 3.8) is 0 Å². The Morgan fingerprint density at radius 1 is 1.05 bits per heavy atom. The van der Waals surface area contributed by atoms with Gasteiger partial charge in [-0.15, -0.1) is 0 Å². The van der Waals surface area contributed by atoms with Gasteiger partial charge in [0.05, 0.1) is 37.8 Å². The lowest BCUT2D eigenvalue weighted by Crippen LogP contribution is -2.33. The summed E-state index contributed by atoms with van der Waals surface area (Å²) >= 11 is 0. The van der Waals surface area contributed by atoms with Crippen molar-refractivity contribution in [2.24, 2.45) is 14.1 Å². The van der Waals surface area contributed by atoms with Gasteiger partial charge in [-0.3, -0.25) is 19.1 Å². The molecule has 1 aliphatic heterocycles.